The van der Waals surface area contributed by atoms with Gasteiger partial charge in [0.1, 0.15) is 0 Å². The first-order valence-corrected chi connectivity index (χ1v) is 8.84. The van der Waals surface area contributed by atoms with Crippen LogP contribution in [0.15, 0.2) is 58.2 Å². The average molecular weight is 353 g/mol. The second-order valence-corrected chi connectivity index (χ2v) is 7.10. The summed E-state index contributed by atoms with van der Waals surface area (Å²) in [7, 11) is 0. The van der Waals surface area contributed by atoms with E-state index in [-0.39, 0.29) is 11.2 Å². The van der Waals surface area contributed by atoms with Gasteiger partial charge in [0, 0.05) is 11.3 Å². The highest BCUT2D eigenvalue weighted by Gasteiger charge is 2.19. The van der Waals surface area contributed by atoms with Crippen molar-refractivity contribution in [2.75, 3.05) is 5.32 Å². The lowest BCUT2D eigenvalue weighted by molar-refractivity contribution is -0.115. The zero-order valence-corrected chi connectivity index (χ0v) is 15.1. The molecule has 0 saturated heterocycles. The molecule has 0 aliphatic heterocycles. The molecule has 0 fully saturated rings. The molecule has 1 aromatic heterocycles. The fourth-order valence-electron chi connectivity index (χ4n) is 2.35. The Morgan fingerprint density at radius 3 is 2.68 bits per heavy atom. The van der Waals surface area contributed by atoms with E-state index in [2.05, 4.69) is 15.5 Å². The van der Waals surface area contributed by atoms with Crippen molar-refractivity contribution in [2.24, 2.45) is 0 Å². The van der Waals surface area contributed by atoms with Gasteiger partial charge in [0.25, 0.3) is 5.22 Å². The minimum atomic E-state index is -0.356. The van der Waals surface area contributed by atoms with E-state index in [0.29, 0.717) is 11.1 Å². The maximum Gasteiger partial charge on any atom is 0.277 e. The van der Waals surface area contributed by atoms with E-state index >= 15 is 0 Å². The summed E-state index contributed by atoms with van der Waals surface area (Å²) >= 11 is 1.24. The fourth-order valence-corrected chi connectivity index (χ4v) is 3.03. The largest absolute Gasteiger partial charge is 0.411 e. The van der Waals surface area contributed by atoms with E-state index in [1.165, 1.54) is 11.8 Å². The number of hydrogen-bond donors (Lipinski definition) is 1. The molecule has 0 bridgehead atoms. The number of nitrogens with one attached hydrogen (secondary N) is 1. The summed E-state index contributed by atoms with van der Waals surface area (Å²) in [6.07, 6.45) is 0. The second-order valence-electron chi connectivity index (χ2n) is 5.81. The van der Waals surface area contributed by atoms with Crippen molar-refractivity contribution in [1.82, 2.24) is 10.2 Å². The Balaban J connectivity index is 1.66. The molecule has 1 N–H and O–H groups in total. The molecule has 1 amide bonds. The Bertz CT molecular complexity index is 892. The summed E-state index contributed by atoms with van der Waals surface area (Å²) in [6, 6.07) is 15.5. The van der Waals surface area contributed by atoms with Crippen molar-refractivity contribution in [3.05, 3.63) is 59.7 Å². The van der Waals surface area contributed by atoms with Crippen LogP contribution in [0.5, 0.6) is 0 Å². The molecule has 5 nitrogen and oxygen atoms in total. The minimum Gasteiger partial charge on any atom is -0.411 e. The molecule has 128 valence electrons. The van der Waals surface area contributed by atoms with E-state index in [1.54, 1.807) is 0 Å². The molecular weight excluding hydrogens is 334 g/mol. The van der Waals surface area contributed by atoms with Crippen LogP contribution in [-0.4, -0.2) is 21.4 Å². The van der Waals surface area contributed by atoms with Gasteiger partial charge < -0.3 is 9.73 Å². The summed E-state index contributed by atoms with van der Waals surface area (Å²) in [5, 5.41) is 11.1. The van der Waals surface area contributed by atoms with Gasteiger partial charge in [0.05, 0.1) is 5.25 Å². The van der Waals surface area contributed by atoms with Gasteiger partial charge in [-0.15, -0.1) is 10.2 Å². The third-order valence-corrected chi connectivity index (χ3v) is 4.65. The number of aromatic nitrogens is 2. The summed E-state index contributed by atoms with van der Waals surface area (Å²) < 4.78 is 5.70. The van der Waals surface area contributed by atoms with Crippen LogP contribution < -0.4 is 5.32 Å². The number of amides is 1. The number of benzene rings is 2. The number of anilines is 1. The van der Waals surface area contributed by atoms with E-state index in [1.807, 2.05) is 69.3 Å². The highest BCUT2D eigenvalue weighted by Crippen LogP contribution is 2.28. The Hall–Kier alpha value is -2.60. The van der Waals surface area contributed by atoms with Crippen LogP contribution in [0.3, 0.4) is 0 Å². The van der Waals surface area contributed by atoms with Crippen molar-refractivity contribution in [2.45, 2.75) is 31.2 Å². The molecule has 1 atom stereocenters. The number of carbonyl (C=O) groups is 1. The number of thioether (sulfide) groups is 1. The van der Waals surface area contributed by atoms with Crippen LogP contribution >= 0.6 is 11.8 Å². The van der Waals surface area contributed by atoms with Gasteiger partial charge in [-0.25, -0.2) is 0 Å². The number of hydrogen-bond acceptors (Lipinski definition) is 5. The number of rotatable bonds is 5. The van der Waals surface area contributed by atoms with Crippen LogP contribution in [0.1, 0.15) is 18.1 Å². The molecule has 1 heterocycles. The molecule has 0 aliphatic carbocycles. The van der Waals surface area contributed by atoms with E-state index < -0.39 is 0 Å². The van der Waals surface area contributed by atoms with Gasteiger partial charge in [-0.05, 0) is 50.1 Å². The van der Waals surface area contributed by atoms with Gasteiger partial charge in [-0.2, -0.15) is 0 Å². The van der Waals surface area contributed by atoms with Crippen molar-refractivity contribution in [1.29, 1.82) is 0 Å². The van der Waals surface area contributed by atoms with Crippen molar-refractivity contribution >= 4 is 23.4 Å². The lowest BCUT2D eigenvalue weighted by Crippen LogP contribution is -2.22. The molecule has 0 saturated carbocycles. The van der Waals surface area contributed by atoms with Crippen molar-refractivity contribution in [3.63, 3.8) is 0 Å². The summed E-state index contributed by atoms with van der Waals surface area (Å²) in [5.41, 5.74) is 3.84. The highest BCUT2D eigenvalue weighted by atomic mass is 32.2. The molecule has 2 aromatic carbocycles. The van der Waals surface area contributed by atoms with Gasteiger partial charge in [0.15, 0.2) is 0 Å². The zero-order chi connectivity index (χ0) is 17.8. The second kappa shape index (κ2) is 7.53. The van der Waals surface area contributed by atoms with E-state index in [9.17, 15) is 4.79 Å². The number of aryl methyl sites for hydroxylation is 2. The fraction of sp³-hybridized carbons (Fsp3) is 0.211. The van der Waals surface area contributed by atoms with Crippen LogP contribution in [0.4, 0.5) is 5.69 Å². The van der Waals surface area contributed by atoms with Crippen molar-refractivity contribution in [3.8, 4) is 11.5 Å². The third-order valence-electron chi connectivity index (χ3n) is 3.71. The van der Waals surface area contributed by atoms with E-state index in [4.69, 9.17) is 4.42 Å². The standard InChI is InChI=1S/C19H19N3O2S/c1-12-7-6-9-15(11-12)20-17(23)14(3)25-19-22-21-18(24-19)16-10-5-4-8-13(16)2/h4-11,14H,1-3H3,(H,20,23)/t14-/m0/s1. The zero-order valence-electron chi connectivity index (χ0n) is 14.3. The molecular formula is C19H19N3O2S. The highest BCUT2D eigenvalue weighted by molar-refractivity contribution is 8.00. The smallest absolute Gasteiger partial charge is 0.277 e. The van der Waals surface area contributed by atoms with Crippen LogP contribution in [0.25, 0.3) is 11.5 Å². The summed E-state index contributed by atoms with van der Waals surface area (Å²) in [5.74, 6) is 0.359. The lowest BCUT2D eigenvalue weighted by atomic mass is 10.1. The summed E-state index contributed by atoms with van der Waals surface area (Å²) in [6.45, 7) is 5.79. The predicted molar refractivity (Wildman–Crippen MR) is 99.6 cm³/mol. The third kappa shape index (κ3) is 4.28. The number of nitrogens with zero attached hydrogens (tertiary/aromatic N) is 2. The Morgan fingerprint density at radius 1 is 1.12 bits per heavy atom. The van der Waals surface area contributed by atoms with Crippen molar-refractivity contribution < 1.29 is 9.21 Å². The topological polar surface area (TPSA) is 68.0 Å². The first kappa shape index (κ1) is 17.2. The Kier molecular flexibility index (Phi) is 5.19. The SMILES string of the molecule is Cc1cccc(NC(=O)[C@H](C)Sc2nnc(-c3ccccc3C)o2)c1. The lowest BCUT2D eigenvalue weighted by Gasteiger charge is -2.10. The van der Waals surface area contributed by atoms with Gasteiger partial charge in [-0.3, -0.25) is 4.79 Å². The number of carbonyl (C=O) groups excluding carboxylic acids is 1. The molecule has 3 rings (SSSR count). The Morgan fingerprint density at radius 2 is 1.92 bits per heavy atom. The first-order valence-electron chi connectivity index (χ1n) is 7.96. The van der Waals surface area contributed by atoms with E-state index in [0.717, 1.165) is 22.4 Å². The summed E-state index contributed by atoms with van der Waals surface area (Å²) in [4.78, 5) is 12.3. The molecule has 0 unspecified atom stereocenters. The maximum absolute atomic E-state index is 12.3. The van der Waals surface area contributed by atoms with Gasteiger partial charge in [0.2, 0.25) is 11.8 Å². The monoisotopic (exact) mass is 353 g/mol. The van der Waals surface area contributed by atoms with Crippen LogP contribution in [0, 0.1) is 13.8 Å². The minimum absolute atomic E-state index is 0.105. The maximum atomic E-state index is 12.3. The quantitative estimate of drug-likeness (QED) is 0.685. The Labute approximate surface area is 150 Å². The molecule has 6 heteroatoms. The molecule has 0 spiro atoms. The van der Waals surface area contributed by atoms with Gasteiger partial charge >= 0.3 is 0 Å². The predicted octanol–water partition coefficient (Wildman–Crippen LogP) is 4.47. The first-order chi connectivity index (χ1) is 12.0. The van der Waals surface area contributed by atoms with Gasteiger partial charge in [-0.1, -0.05) is 42.1 Å². The average Bonchev–Trinajstić information content (AvgIpc) is 3.03. The van der Waals surface area contributed by atoms with Crippen LogP contribution in [0.2, 0.25) is 0 Å². The molecule has 25 heavy (non-hydrogen) atoms. The van der Waals surface area contributed by atoms with Crippen LogP contribution in [-0.2, 0) is 4.79 Å². The normalized spacial score (nSPS) is 12.0. The molecule has 0 aliphatic rings. The molecule has 0 radical (unpaired) electrons. The molecule has 3 aromatic rings.